The van der Waals surface area contributed by atoms with Gasteiger partial charge < -0.3 is 10.4 Å². The zero-order chi connectivity index (χ0) is 15.5. The number of H-pyrrole nitrogens is 1. The maximum atomic E-state index is 12.2. The van der Waals surface area contributed by atoms with Crippen molar-refractivity contribution in [2.45, 2.75) is 38.1 Å². The summed E-state index contributed by atoms with van der Waals surface area (Å²) in [6, 6.07) is 7.76. The van der Waals surface area contributed by atoms with Gasteiger partial charge in [-0.05, 0) is 31.7 Å². The molecule has 116 valence electrons. The van der Waals surface area contributed by atoms with Crippen LogP contribution < -0.4 is 5.32 Å². The molecule has 1 fully saturated rings. The number of carbonyl (C=O) groups excluding carboxylic acids is 1. The predicted octanol–water partition coefficient (Wildman–Crippen LogP) is 1.87. The summed E-state index contributed by atoms with van der Waals surface area (Å²) in [7, 11) is 0. The molecule has 0 bridgehead atoms. The highest BCUT2D eigenvalue weighted by atomic mass is 16.4. The van der Waals surface area contributed by atoms with Gasteiger partial charge in [0.05, 0.1) is 23.5 Å². The third-order valence-electron chi connectivity index (χ3n) is 4.32. The van der Waals surface area contributed by atoms with Crippen LogP contribution >= 0.6 is 0 Å². The zero-order valence-corrected chi connectivity index (χ0v) is 12.2. The summed E-state index contributed by atoms with van der Waals surface area (Å²) in [5.41, 5.74) is 1.67. The molecule has 6 heteroatoms. The second-order valence-electron chi connectivity index (χ2n) is 5.85. The fourth-order valence-electron chi connectivity index (χ4n) is 3.07. The van der Waals surface area contributed by atoms with Gasteiger partial charge in [0.25, 0.3) is 0 Å². The summed E-state index contributed by atoms with van der Waals surface area (Å²) < 4.78 is 0. The van der Waals surface area contributed by atoms with E-state index < -0.39 is 5.97 Å². The number of aliphatic carboxylic acids is 1. The first kappa shape index (κ1) is 14.6. The number of nitrogens with one attached hydrogen (secondary N) is 2. The van der Waals surface area contributed by atoms with Crippen molar-refractivity contribution < 1.29 is 14.7 Å². The average molecular weight is 301 g/mol. The van der Waals surface area contributed by atoms with E-state index in [1.165, 1.54) is 0 Å². The molecule has 6 nitrogen and oxygen atoms in total. The molecule has 0 unspecified atom stereocenters. The largest absolute Gasteiger partial charge is 0.481 e. The van der Waals surface area contributed by atoms with E-state index in [-0.39, 0.29) is 24.3 Å². The Kier molecular flexibility index (Phi) is 4.09. The average Bonchev–Trinajstić information content (AvgIpc) is 2.91. The summed E-state index contributed by atoms with van der Waals surface area (Å²) in [4.78, 5) is 23.1. The van der Waals surface area contributed by atoms with Crippen molar-refractivity contribution in [3.63, 3.8) is 0 Å². The van der Waals surface area contributed by atoms with Gasteiger partial charge in [0, 0.05) is 11.4 Å². The lowest BCUT2D eigenvalue weighted by Crippen LogP contribution is -2.39. The van der Waals surface area contributed by atoms with Crippen LogP contribution in [0.5, 0.6) is 0 Å². The number of para-hydroxylation sites is 1. The first-order valence-electron chi connectivity index (χ1n) is 7.57. The van der Waals surface area contributed by atoms with Crippen LogP contribution in [0.4, 0.5) is 0 Å². The van der Waals surface area contributed by atoms with Gasteiger partial charge in [-0.25, -0.2) is 0 Å². The van der Waals surface area contributed by atoms with Crippen molar-refractivity contribution >= 4 is 22.8 Å². The summed E-state index contributed by atoms with van der Waals surface area (Å²) in [6.45, 7) is 0. The number of carboxylic acid groups (broad SMARTS) is 1. The van der Waals surface area contributed by atoms with Crippen molar-refractivity contribution in [2.24, 2.45) is 5.92 Å². The normalized spacial score (nSPS) is 21.6. The van der Waals surface area contributed by atoms with E-state index in [1.807, 2.05) is 24.3 Å². The van der Waals surface area contributed by atoms with Gasteiger partial charge in [-0.15, -0.1) is 0 Å². The third kappa shape index (κ3) is 3.10. The van der Waals surface area contributed by atoms with Gasteiger partial charge in [0.2, 0.25) is 5.91 Å². The van der Waals surface area contributed by atoms with E-state index in [4.69, 9.17) is 5.11 Å². The number of amides is 1. The minimum atomic E-state index is -0.728. The first-order valence-corrected chi connectivity index (χ1v) is 7.57. The Labute approximate surface area is 127 Å². The SMILES string of the molecule is O=C(Cc1[nH]nc2ccccc12)NC1CCC(C(=O)O)CC1. The van der Waals surface area contributed by atoms with Crippen molar-refractivity contribution in [3.05, 3.63) is 30.0 Å². The lowest BCUT2D eigenvalue weighted by molar-refractivity contribution is -0.142. The molecule has 1 aromatic carbocycles. The zero-order valence-electron chi connectivity index (χ0n) is 12.2. The second-order valence-corrected chi connectivity index (χ2v) is 5.85. The second kappa shape index (κ2) is 6.17. The lowest BCUT2D eigenvalue weighted by atomic mass is 9.86. The van der Waals surface area contributed by atoms with E-state index in [1.54, 1.807) is 0 Å². The monoisotopic (exact) mass is 301 g/mol. The molecule has 0 radical (unpaired) electrons. The topological polar surface area (TPSA) is 95.1 Å². The standard InChI is InChI=1S/C16H19N3O3/c20-15(17-11-7-5-10(6-8-11)16(21)22)9-14-12-3-1-2-4-13(12)18-19-14/h1-4,10-11H,5-9H2,(H,17,20)(H,18,19)(H,21,22). The third-order valence-corrected chi connectivity index (χ3v) is 4.32. The quantitative estimate of drug-likeness (QED) is 0.803. The van der Waals surface area contributed by atoms with Crippen LogP contribution in [0.2, 0.25) is 0 Å². The van der Waals surface area contributed by atoms with Crippen LogP contribution in [-0.4, -0.2) is 33.2 Å². The van der Waals surface area contributed by atoms with E-state index in [2.05, 4.69) is 15.5 Å². The van der Waals surface area contributed by atoms with Crippen LogP contribution in [0.25, 0.3) is 10.9 Å². The molecule has 3 N–H and O–H groups in total. The van der Waals surface area contributed by atoms with Crippen LogP contribution in [0, 0.1) is 5.92 Å². The molecule has 1 amide bonds. The van der Waals surface area contributed by atoms with E-state index in [0.717, 1.165) is 29.4 Å². The highest BCUT2D eigenvalue weighted by Crippen LogP contribution is 2.24. The molecular weight excluding hydrogens is 282 g/mol. The number of nitrogens with zero attached hydrogens (tertiary/aromatic N) is 1. The number of hydrogen-bond donors (Lipinski definition) is 3. The maximum absolute atomic E-state index is 12.2. The van der Waals surface area contributed by atoms with Crippen LogP contribution in [-0.2, 0) is 16.0 Å². The number of rotatable bonds is 4. The van der Waals surface area contributed by atoms with Crippen molar-refractivity contribution in [1.29, 1.82) is 0 Å². The molecule has 1 aliphatic carbocycles. The van der Waals surface area contributed by atoms with Gasteiger partial charge in [0.15, 0.2) is 0 Å². The van der Waals surface area contributed by atoms with Crippen LogP contribution in [0.1, 0.15) is 31.4 Å². The molecule has 22 heavy (non-hydrogen) atoms. The Morgan fingerprint density at radius 1 is 1.23 bits per heavy atom. The van der Waals surface area contributed by atoms with Crippen LogP contribution in [0.15, 0.2) is 24.3 Å². The Bertz CT molecular complexity index is 687. The summed E-state index contributed by atoms with van der Waals surface area (Å²) in [5.74, 6) is -1.04. The number of carboxylic acids is 1. The number of hydrogen-bond acceptors (Lipinski definition) is 3. The van der Waals surface area contributed by atoms with Crippen molar-refractivity contribution in [3.8, 4) is 0 Å². The minimum Gasteiger partial charge on any atom is -0.481 e. The van der Waals surface area contributed by atoms with Crippen molar-refractivity contribution in [1.82, 2.24) is 15.5 Å². The molecule has 0 atom stereocenters. The molecule has 0 aliphatic heterocycles. The van der Waals surface area contributed by atoms with Gasteiger partial charge in [0.1, 0.15) is 0 Å². The highest BCUT2D eigenvalue weighted by Gasteiger charge is 2.26. The van der Waals surface area contributed by atoms with Gasteiger partial charge in [-0.1, -0.05) is 18.2 Å². The fraction of sp³-hybridized carbons (Fsp3) is 0.438. The van der Waals surface area contributed by atoms with Crippen LogP contribution in [0.3, 0.4) is 0 Å². The minimum absolute atomic E-state index is 0.0480. The maximum Gasteiger partial charge on any atom is 0.306 e. The van der Waals surface area contributed by atoms with E-state index in [0.29, 0.717) is 12.8 Å². The lowest BCUT2D eigenvalue weighted by Gasteiger charge is -2.26. The van der Waals surface area contributed by atoms with E-state index >= 15 is 0 Å². The number of benzene rings is 1. The molecule has 1 saturated carbocycles. The fourth-order valence-corrected chi connectivity index (χ4v) is 3.07. The Hall–Kier alpha value is -2.37. The number of aromatic amines is 1. The molecule has 2 aromatic rings. The van der Waals surface area contributed by atoms with Gasteiger partial charge in [-0.2, -0.15) is 5.10 Å². The molecule has 3 rings (SSSR count). The molecule has 0 spiro atoms. The summed E-state index contributed by atoms with van der Waals surface area (Å²) in [6.07, 6.45) is 2.98. The number of fused-ring (bicyclic) bond motifs is 1. The molecule has 1 heterocycles. The predicted molar refractivity (Wildman–Crippen MR) is 81.3 cm³/mol. The number of carbonyl (C=O) groups is 2. The van der Waals surface area contributed by atoms with Gasteiger partial charge >= 0.3 is 5.97 Å². The summed E-state index contributed by atoms with van der Waals surface area (Å²) in [5, 5.41) is 20.0. The first-order chi connectivity index (χ1) is 10.6. The smallest absolute Gasteiger partial charge is 0.306 e. The van der Waals surface area contributed by atoms with Crippen molar-refractivity contribution in [2.75, 3.05) is 0 Å². The van der Waals surface area contributed by atoms with E-state index in [9.17, 15) is 9.59 Å². The Balaban J connectivity index is 1.56. The Morgan fingerprint density at radius 3 is 2.68 bits per heavy atom. The molecule has 1 aromatic heterocycles. The van der Waals surface area contributed by atoms with Gasteiger partial charge in [-0.3, -0.25) is 14.7 Å². The number of aromatic nitrogens is 2. The molecular formula is C16H19N3O3. The Morgan fingerprint density at radius 2 is 1.95 bits per heavy atom. The molecule has 0 saturated heterocycles. The summed E-state index contributed by atoms with van der Waals surface area (Å²) >= 11 is 0. The highest BCUT2D eigenvalue weighted by molar-refractivity contribution is 5.87. The molecule has 1 aliphatic rings.